The number of fused-ring (bicyclic) bond motifs is 1. The second-order valence-corrected chi connectivity index (χ2v) is 9.89. The predicted molar refractivity (Wildman–Crippen MR) is 126 cm³/mol. The highest BCUT2D eigenvalue weighted by molar-refractivity contribution is 5.85. The number of aromatic nitrogens is 5. The number of hydrogen-bond acceptors (Lipinski definition) is 5. The Hall–Kier alpha value is -2.58. The van der Waals surface area contributed by atoms with Gasteiger partial charge in [0.1, 0.15) is 25.7 Å². The Bertz CT molecular complexity index is 1160. The minimum Gasteiger partial charge on any atom is -0.372 e. The number of aromatic amines is 1. The van der Waals surface area contributed by atoms with E-state index in [0.717, 1.165) is 66.7 Å². The molecule has 1 aliphatic heterocycles. The maximum absolute atomic E-state index is 13.0. The molecule has 2 atom stereocenters. The van der Waals surface area contributed by atoms with Crippen molar-refractivity contribution < 1.29 is 9.64 Å². The molecule has 3 aromatic rings. The van der Waals surface area contributed by atoms with Gasteiger partial charge in [0.15, 0.2) is 0 Å². The molecule has 0 amide bonds. The Labute approximate surface area is 194 Å². The van der Waals surface area contributed by atoms with Crippen LogP contribution in [0.3, 0.4) is 0 Å². The summed E-state index contributed by atoms with van der Waals surface area (Å²) in [5.41, 5.74) is 4.00. The quantitative estimate of drug-likeness (QED) is 0.576. The minimum absolute atomic E-state index is 0.00656. The highest BCUT2D eigenvalue weighted by Crippen LogP contribution is 2.27. The van der Waals surface area contributed by atoms with Crippen LogP contribution >= 0.6 is 0 Å². The minimum atomic E-state index is -0.00656. The van der Waals surface area contributed by atoms with E-state index in [9.17, 15) is 4.79 Å². The van der Waals surface area contributed by atoms with E-state index in [4.69, 9.17) is 4.74 Å². The summed E-state index contributed by atoms with van der Waals surface area (Å²) in [5, 5.41) is 13.9. The molecule has 0 radical (unpaired) electrons. The van der Waals surface area contributed by atoms with Crippen molar-refractivity contribution in [1.29, 1.82) is 0 Å². The number of nitrogens with one attached hydrogen (secondary N) is 2. The Morgan fingerprint density at radius 1 is 1.09 bits per heavy atom. The van der Waals surface area contributed by atoms with Gasteiger partial charge in [0.2, 0.25) is 5.82 Å². The third-order valence-electron chi connectivity index (χ3n) is 7.39. The van der Waals surface area contributed by atoms with Crippen molar-refractivity contribution in [2.75, 3.05) is 13.2 Å². The van der Waals surface area contributed by atoms with Crippen LogP contribution in [0, 0.1) is 13.8 Å². The molecule has 3 heterocycles. The van der Waals surface area contributed by atoms with Crippen molar-refractivity contribution in [3.05, 3.63) is 51.1 Å². The lowest BCUT2D eigenvalue weighted by Crippen LogP contribution is -3.10. The zero-order valence-corrected chi connectivity index (χ0v) is 19.8. The Balaban J connectivity index is 1.43. The molecule has 1 aromatic carbocycles. The molecule has 1 saturated heterocycles. The number of aryl methyl sites for hydroxylation is 2. The first-order valence-electron chi connectivity index (χ1n) is 12.4. The fraction of sp³-hybridized carbons (Fsp3) is 0.600. The van der Waals surface area contributed by atoms with E-state index in [1.54, 1.807) is 0 Å². The van der Waals surface area contributed by atoms with Gasteiger partial charge in [-0.15, -0.1) is 5.10 Å². The van der Waals surface area contributed by atoms with Crippen LogP contribution in [0.25, 0.3) is 10.9 Å². The van der Waals surface area contributed by atoms with Crippen molar-refractivity contribution in [1.82, 2.24) is 25.2 Å². The van der Waals surface area contributed by atoms with Gasteiger partial charge < -0.3 is 14.6 Å². The van der Waals surface area contributed by atoms with E-state index in [1.807, 2.05) is 11.6 Å². The summed E-state index contributed by atoms with van der Waals surface area (Å²) in [7, 11) is 0. The molecular formula is C25H35N6O2+. The molecule has 1 saturated carbocycles. The average molecular weight is 452 g/mol. The SMILES string of the molecule is Cc1ccc(C)c2[nH]c(=O)c(C[NH+](Cc3nnnn3C3CCCCC3)C[C@@H]3CCCO3)cc12. The molecule has 2 aliphatic rings. The molecule has 2 aromatic heterocycles. The number of nitrogens with zero attached hydrogens (tertiary/aromatic N) is 4. The van der Waals surface area contributed by atoms with Gasteiger partial charge in [-0.1, -0.05) is 31.4 Å². The standard InChI is InChI=1S/C25H34N6O2/c1-17-10-11-18(2)24-22(17)13-19(25(32)26-24)14-30(15-21-9-6-12-33-21)16-23-27-28-29-31(23)20-7-4-3-5-8-20/h10-11,13,20-21H,3-9,12,14-16H2,1-2H3,(H,26,32)/p+1/t21-/m0/s1. The van der Waals surface area contributed by atoms with E-state index in [0.29, 0.717) is 19.1 Å². The van der Waals surface area contributed by atoms with Crippen LogP contribution in [0.1, 0.15) is 73.5 Å². The van der Waals surface area contributed by atoms with Crippen LogP contribution in [0.15, 0.2) is 23.0 Å². The monoisotopic (exact) mass is 451 g/mol. The van der Waals surface area contributed by atoms with Gasteiger partial charge in [-0.3, -0.25) is 4.79 Å². The van der Waals surface area contributed by atoms with Crippen LogP contribution < -0.4 is 10.5 Å². The topological polar surface area (TPSA) is 90.1 Å². The molecule has 1 aliphatic carbocycles. The van der Waals surface area contributed by atoms with Gasteiger partial charge in [0, 0.05) is 12.0 Å². The van der Waals surface area contributed by atoms with E-state index in [-0.39, 0.29) is 11.7 Å². The Kier molecular flexibility index (Phi) is 6.55. The van der Waals surface area contributed by atoms with Crippen molar-refractivity contribution in [3.8, 4) is 0 Å². The predicted octanol–water partition coefficient (Wildman–Crippen LogP) is 2.40. The van der Waals surface area contributed by atoms with Crippen molar-refractivity contribution in [2.45, 2.75) is 84.0 Å². The zero-order valence-electron chi connectivity index (χ0n) is 19.8. The Morgan fingerprint density at radius 2 is 1.91 bits per heavy atom. The van der Waals surface area contributed by atoms with Crippen molar-refractivity contribution in [3.63, 3.8) is 0 Å². The summed E-state index contributed by atoms with van der Waals surface area (Å²) in [4.78, 5) is 17.5. The number of tetrazole rings is 1. The number of rotatable bonds is 7. The molecule has 2 fully saturated rings. The number of H-pyrrole nitrogens is 1. The molecule has 33 heavy (non-hydrogen) atoms. The van der Waals surface area contributed by atoms with Gasteiger partial charge in [0.05, 0.1) is 17.1 Å². The molecule has 0 bridgehead atoms. The smallest absolute Gasteiger partial charge is 0.257 e. The molecule has 176 valence electrons. The summed E-state index contributed by atoms with van der Waals surface area (Å²) in [6.07, 6.45) is 8.46. The van der Waals surface area contributed by atoms with E-state index < -0.39 is 0 Å². The van der Waals surface area contributed by atoms with Crippen molar-refractivity contribution >= 4 is 10.9 Å². The normalized spacial score (nSPS) is 20.5. The third-order valence-corrected chi connectivity index (χ3v) is 7.39. The molecule has 8 nitrogen and oxygen atoms in total. The molecule has 1 unspecified atom stereocenters. The lowest BCUT2D eigenvalue weighted by molar-refractivity contribution is -0.931. The maximum Gasteiger partial charge on any atom is 0.257 e. The summed E-state index contributed by atoms with van der Waals surface area (Å²) >= 11 is 0. The van der Waals surface area contributed by atoms with Crippen LogP contribution in [0.5, 0.6) is 0 Å². The number of hydrogen-bond donors (Lipinski definition) is 2. The third kappa shape index (κ3) is 4.87. The maximum atomic E-state index is 13.0. The first kappa shape index (κ1) is 22.2. The van der Waals surface area contributed by atoms with Crippen LogP contribution in [0.4, 0.5) is 0 Å². The fourth-order valence-corrected chi connectivity index (χ4v) is 5.51. The largest absolute Gasteiger partial charge is 0.372 e. The number of ether oxygens (including phenoxy) is 1. The zero-order chi connectivity index (χ0) is 22.8. The average Bonchev–Trinajstić information content (AvgIpc) is 3.50. The van der Waals surface area contributed by atoms with Gasteiger partial charge in [0.25, 0.3) is 5.56 Å². The molecule has 5 rings (SSSR count). The number of pyridine rings is 1. The van der Waals surface area contributed by atoms with Crippen LogP contribution in [-0.4, -0.2) is 44.4 Å². The summed E-state index contributed by atoms with van der Waals surface area (Å²) in [6.45, 7) is 7.12. The molecule has 2 N–H and O–H groups in total. The number of benzene rings is 1. The first-order valence-corrected chi connectivity index (χ1v) is 12.4. The summed E-state index contributed by atoms with van der Waals surface area (Å²) < 4.78 is 8.01. The van der Waals surface area contributed by atoms with Crippen LogP contribution in [-0.2, 0) is 17.8 Å². The number of quaternary nitrogens is 1. The molecule has 8 heteroatoms. The molecule has 0 spiro atoms. The first-order chi connectivity index (χ1) is 16.1. The van der Waals surface area contributed by atoms with E-state index in [2.05, 4.69) is 45.6 Å². The van der Waals surface area contributed by atoms with E-state index in [1.165, 1.54) is 29.7 Å². The van der Waals surface area contributed by atoms with Crippen molar-refractivity contribution in [2.24, 2.45) is 0 Å². The summed E-state index contributed by atoms with van der Waals surface area (Å²) in [5.74, 6) is 0.916. The fourth-order valence-electron chi connectivity index (χ4n) is 5.51. The Morgan fingerprint density at radius 3 is 2.70 bits per heavy atom. The highest BCUT2D eigenvalue weighted by atomic mass is 16.5. The van der Waals surface area contributed by atoms with Gasteiger partial charge in [-0.2, -0.15) is 0 Å². The lowest BCUT2D eigenvalue weighted by Gasteiger charge is -2.25. The summed E-state index contributed by atoms with van der Waals surface area (Å²) in [6, 6.07) is 6.65. The lowest BCUT2D eigenvalue weighted by atomic mass is 9.95. The second kappa shape index (κ2) is 9.73. The second-order valence-electron chi connectivity index (χ2n) is 9.89. The van der Waals surface area contributed by atoms with E-state index >= 15 is 0 Å². The van der Waals surface area contributed by atoms with Gasteiger partial charge >= 0.3 is 0 Å². The van der Waals surface area contributed by atoms with Gasteiger partial charge in [-0.25, -0.2) is 4.68 Å². The molecular weight excluding hydrogens is 416 g/mol. The van der Waals surface area contributed by atoms with Crippen LogP contribution in [0.2, 0.25) is 0 Å². The highest BCUT2D eigenvalue weighted by Gasteiger charge is 2.27. The van der Waals surface area contributed by atoms with Gasteiger partial charge in [-0.05, 0) is 67.2 Å².